The molecule has 0 unspecified atom stereocenters. The summed E-state index contributed by atoms with van der Waals surface area (Å²) >= 11 is 0. The number of nitrogens with two attached hydrogens (primary N) is 1. The number of hydrogen-bond acceptors (Lipinski definition) is 3. The molecule has 0 spiro atoms. The fourth-order valence-corrected chi connectivity index (χ4v) is 2.37. The summed E-state index contributed by atoms with van der Waals surface area (Å²) in [4.78, 5) is 18.8. The molecule has 1 heterocycles. The van der Waals surface area contributed by atoms with Crippen LogP contribution in [-0.4, -0.2) is 28.9 Å². The lowest BCUT2D eigenvalue weighted by atomic mass is 10.2. The summed E-state index contributed by atoms with van der Waals surface area (Å²) in [5.74, 6) is 1.62. The first kappa shape index (κ1) is 15.3. The Hall–Kier alpha value is -1.13. The minimum Gasteiger partial charge on any atom is -0.338 e. The molecule has 2 fully saturated rings. The van der Waals surface area contributed by atoms with E-state index < -0.39 is 0 Å². The number of carbonyl (C=O) groups excluding carboxylic acids is 1. The van der Waals surface area contributed by atoms with Crippen LogP contribution in [0.2, 0.25) is 0 Å². The van der Waals surface area contributed by atoms with Gasteiger partial charge in [-0.15, -0.1) is 12.4 Å². The maximum atomic E-state index is 12.6. The standard InChI is InChI=1S/C15H21N3O.ClH/c16-8-14-7-13(5-6-17-14)15(19)18(9-11-1-2-11)10-12-3-4-12;/h5-7,11-12H,1-4,8-10,16H2;1H. The third-order valence-corrected chi connectivity index (χ3v) is 3.91. The van der Waals surface area contributed by atoms with Crippen LogP contribution in [0.25, 0.3) is 0 Å². The third-order valence-electron chi connectivity index (χ3n) is 3.91. The quantitative estimate of drug-likeness (QED) is 0.875. The second kappa shape index (κ2) is 6.55. The van der Waals surface area contributed by atoms with Crippen LogP contribution in [0, 0.1) is 11.8 Å². The molecule has 5 heteroatoms. The Bertz CT molecular complexity index is 458. The highest BCUT2D eigenvalue weighted by molar-refractivity contribution is 5.94. The van der Waals surface area contributed by atoms with Crippen LogP contribution >= 0.6 is 12.4 Å². The molecular weight excluding hydrogens is 274 g/mol. The predicted molar refractivity (Wildman–Crippen MR) is 80.7 cm³/mol. The van der Waals surface area contributed by atoms with Crippen molar-refractivity contribution in [2.45, 2.75) is 32.2 Å². The van der Waals surface area contributed by atoms with Gasteiger partial charge in [-0.1, -0.05) is 0 Å². The monoisotopic (exact) mass is 295 g/mol. The van der Waals surface area contributed by atoms with Gasteiger partial charge in [0.1, 0.15) is 0 Å². The van der Waals surface area contributed by atoms with E-state index in [1.807, 2.05) is 11.0 Å². The summed E-state index contributed by atoms with van der Waals surface area (Å²) in [6.45, 7) is 2.23. The summed E-state index contributed by atoms with van der Waals surface area (Å²) in [6.07, 6.45) is 6.79. The lowest BCUT2D eigenvalue weighted by molar-refractivity contribution is 0.0739. The highest BCUT2D eigenvalue weighted by Gasteiger charge is 2.31. The number of rotatable bonds is 6. The van der Waals surface area contributed by atoms with E-state index in [2.05, 4.69) is 4.98 Å². The topological polar surface area (TPSA) is 59.2 Å². The lowest BCUT2D eigenvalue weighted by Crippen LogP contribution is -2.34. The van der Waals surface area contributed by atoms with Crippen LogP contribution in [0.5, 0.6) is 0 Å². The minimum atomic E-state index is 0. The summed E-state index contributed by atoms with van der Waals surface area (Å²) < 4.78 is 0. The van der Waals surface area contributed by atoms with Crippen molar-refractivity contribution in [1.29, 1.82) is 0 Å². The number of halogens is 1. The van der Waals surface area contributed by atoms with Gasteiger partial charge in [-0.25, -0.2) is 0 Å². The van der Waals surface area contributed by atoms with Gasteiger partial charge in [0, 0.05) is 31.4 Å². The number of hydrogen-bond donors (Lipinski definition) is 1. The van der Waals surface area contributed by atoms with Gasteiger partial charge in [0.05, 0.1) is 5.69 Å². The first-order chi connectivity index (χ1) is 9.26. The number of amides is 1. The molecule has 2 aliphatic rings. The van der Waals surface area contributed by atoms with Crippen molar-refractivity contribution in [1.82, 2.24) is 9.88 Å². The summed E-state index contributed by atoms with van der Waals surface area (Å²) in [5.41, 5.74) is 7.10. The second-order valence-electron chi connectivity index (χ2n) is 5.84. The van der Waals surface area contributed by atoms with Gasteiger partial charge in [0.25, 0.3) is 5.91 Å². The molecule has 0 radical (unpaired) electrons. The molecule has 0 saturated heterocycles. The van der Waals surface area contributed by atoms with Gasteiger partial charge in [0.2, 0.25) is 0 Å². The van der Waals surface area contributed by atoms with Crippen molar-refractivity contribution in [2.75, 3.05) is 13.1 Å². The van der Waals surface area contributed by atoms with Crippen molar-refractivity contribution < 1.29 is 4.79 Å². The van der Waals surface area contributed by atoms with Crippen molar-refractivity contribution in [2.24, 2.45) is 17.6 Å². The molecule has 110 valence electrons. The fraction of sp³-hybridized carbons (Fsp3) is 0.600. The van der Waals surface area contributed by atoms with Gasteiger partial charge in [0.15, 0.2) is 0 Å². The second-order valence-corrected chi connectivity index (χ2v) is 5.84. The fourth-order valence-electron chi connectivity index (χ4n) is 2.37. The Kier molecular flexibility index (Phi) is 5.00. The van der Waals surface area contributed by atoms with Gasteiger partial charge >= 0.3 is 0 Å². The van der Waals surface area contributed by atoms with Gasteiger partial charge in [-0.2, -0.15) is 0 Å². The van der Waals surface area contributed by atoms with Crippen molar-refractivity contribution in [3.05, 3.63) is 29.6 Å². The zero-order chi connectivity index (χ0) is 13.2. The Morgan fingerprint density at radius 1 is 1.25 bits per heavy atom. The van der Waals surface area contributed by atoms with Crippen LogP contribution < -0.4 is 5.73 Å². The van der Waals surface area contributed by atoms with Crippen LogP contribution in [0.1, 0.15) is 41.7 Å². The Morgan fingerprint density at radius 2 is 1.85 bits per heavy atom. The molecule has 20 heavy (non-hydrogen) atoms. The molecule has 1 aromatic heterocycles. The third kappa shape index (κ3) is 3.93. The Labute approximate surface area is 126 Å². The van der Waals surface area contributed by atoms with E-state index in [9.17, 15) is 4.79 Å². The molecular formula is C15H22ClN3O. The van der Waals surface area contributed by atoms with E-state index in [0.29, 0.717) is 6.54 Å². The molecule has 1 amide bonds. The summed E-state index contributed by atoms with van der Waals surface area (Å²) in [5, 5.41) is 0. The maximum absolute atomic E-state index is 12.6. The molecule has 2 saturated carbocycles. The summed E-state index contributed by atoms with van der Waals surface area (Å²) in [7, 11) is 0. The first-order valence-electron chi connectivity index (χ1n) is 7.20. The van der Waals surface area contributed by atoms with Crippen LogP contribution in [0.15, 0.2) is 18.3 Å². The van der Waals surface area contributed by atoms with E-state index in [-0.39, 0.29) is 18.3 Å². The molecule has 0 aliphatic heterocycles. The Morgan fingerprint density at radius 3 is 2.35 bits per heavy atom. The molecule has 0 bridgehead atoms. The number of carbonyl (C=O) groups is 1. The van der Waals surface area contributed by atoms with Crippen LogP contribution in [0.4, 0.5) is 0 Å². The number of nitrogens with zero attached hydrogens (tertiary/aromatic N) is 2. The predicted octanol–water partition coefficient (Wildman–Crippen LogP) is 2.22. The average Bonchev–Trinajstić information content (AvgIpc) is 3.32. The minimum absolute atomic E-state index is 0. The van der Waals surface area contributed by atoms with Gasteiger partial charge < -0.3 is 10.6 Å². The first-order valence-corrected chi connectivity index (χ1v) is 7.20. The zero-order valence-electron chi connectivity index (χ0n) is 11.6. The van der Waals surface area contributed by atoms with E-state index in [0.717, 1.165) is 36.2 Å². The van der Waals surface area contributed by atoms with E-state index >= 15 is 0 Å². The highest BCUT2D eigenvalue weighted by Crippen LogP contribution is 2.34. The lowest BCUT2D eigenvalue weighted by Gasteiger charge is -2.22. The highest BCUT2D eigenvalue weighted by atomic mass is 35.5. The normalized spacial score (nSPS) is 17.4. The molecule has 0 aromatic carbocycles. The number of aromatic nitrogens is 1. The Balaban J connectivity index is 0.00000147. The van der Waals surface area contributed by atoms with E-state index in [1.54, 1.807) is 12.3 Å². The number of pyridine rings is 1. The van der Waals surface area contributed by atoms with Gasteiger partial charge in [-0.3, -0.25) is 9.78 Å². The van der Waals surface area contributed by atoms with E-state index in [1.165, 1.54) is 25.7 Å². The molecule has 1 aromatic rings. The maximum Gasteiger partial charge on any atom is 0.253 e. The smallest absolute Gasteiger partial charge is 0.253 e. The van der Waals surface area contributed by atoms with Gasteiger partial charge in [-0.05, 0) is 49.7 Å². The average molecular weight is 296 g/mol. The molecule has 2 aliphatic carbocycles. The summed E-state index contributed by atoms with van der Waals surface area (Å²) in [6, 6.07) is 3.63. The molecule has 4 nitrogen and oxygen atoms in total. The van der Waals surface area contributed by atoms with Crippen molar-refractivity contribution >= 4 is 18.3 Å². The molecule has 0 atom stereocenters. The van der Waals surface area contributed by atoms with Crippen molar-refractivity contribution in [3.63, 3.8) is 0 Å². The SMILES string of the molecule is Cl.NCc1cc(C(=O)N(CC2CC2)CC2CC2)ccn1. The van der Waals surface area contributed by atoms with E-state index in [4.69, 9.17) is 5.73 Å². The van der Waals surface area contributed by atoms with Crippen LogP contribution in [-0.2, 0) is 6.54 Å². The molecule has 3 rings (SSSR count). The zero-order valence-corrected chi connectivity index (χ0v) is 12.4. The van der Waals surface area contributed by atoms with Crippen LogP contribution in [0.3, 0.4) is 0 Å². The largest absolute Gasteiger partial charge is 0.338 e. The molecule has 2 N–H and O–H groups in total. The van der Waals surface area contributed by atoms with Crippen molar-refractivity contribution in [3.8, 4) is 0 Å².